The van der Waals surface area contributed by atoms with Crippen LogP contribution in [0.2, 0.25) is 0 Å². The topological polar surface area (TPSA) is 15.3 Å². The Morgan fingerprint density at radius 1 is 1.00 bits per heavy atom. The third-order valence-corrected chi connectivity index (χ3v) is 3.43. The lowest BCUT2D eigenvalue weighted by molar-refractivity contribution is 0.331. The molecule has 0 saturated carbocycles. The molecule has 0 aromatic heterocycles. The number of hydrogen-bond donors (Lipinski definition) is 1. The molecule has 2 rings (SSSR count). The van der Waals surface area contributed by atoms with Crippen molar-refractivity contribution in [2.45, 2.75) is 25.8 Å². The van der Waals surface area contributed by atoms with Crippen molar-refractivity contribution in [1.29, 1.82) is 0 Å². The molecule has 106 valence electrons. The van der Waals surface area contributed by atoms with Crippen molar-refractivity contribution in [1.82, 2.24) is 10.2 Å². The lowest BCUT2D eigenvalue weighted by Crippen LogP contribution is -2.24. The van der Waals surface area contributed by atoms with Gasteiger partial charge in [0.15, 0.2) is 11.6 Å². The summed E-state index contributed by atoms with van der Waals surface area (Å²) in [5.41, 5.74) is 0.167. The van der Waals surface area contributed by atoms with Crippen molar-refractivity contribution >= 4 is 0 Å². The first-order valence-electron chi connectivity index (χ1n) is 6.73. The molecular formula is C14H19F3N2. The number of hydrogen-bond acceptors (Lipinski definition) is 2. The molecule has 2 nitrogen and oxygen atoms in total. The quantitative estimate of drug-likeness (QED) is 0.632. The van der Waals surface area contributed by atoms with Crippen LogP contribution in [-0.4, -0.2) is 31.1 Å². The number of benzene rings is 1. The third-order valence-electron chi connectivity index (χ3n) is 3.43. The van der Waals surface area contributed by atoms with Gasteiger partial charge >= 0.3 is 0 Å². The van der Waals surface area contributed by atoms with E-state index in [4.69, 9.17) is 0 Å². The monoisotopic (exact) mass is 272 g/mol. The molecule has 0 aliphatic carbocycles. The van der Waals surface area contributed by atoms with E-state index in [-0.39, 0.29) is 12.1 Å². The van der Waals surface area contributed by atoms with Crippen molar-refractivity contribution in [2.75, 3.05) is 26.2 Å². The molecule has 1 heterocycles. The average Bonchev–Trinajstić information content (AvgIpc) is 2.88. The summed E-state index contributed by atoms with van der Waals surface area (Å²) >= 11 is 0. The molecule has 1 aromatic carbocycles. The highest BCUT2D eigenvalue weighted by molar-refractivity contribution is 5.19. The van der Waals surface area contributed by atoms with E-state index in [2.05, 4.69) is 10.2 Å². The smallest absolute Gasteiger partial charge is 0.161 e. The van der Waals surface area contributed by atoms with E-state index in [0.717, 1.165) is 38.7 Å². The molecule has 1 aliphatic heterocycles. The predicted molar refractivity (Wildman–Crippen MR) is 68.3 cm³/mol. The first-order valence-corrected chi connectivity index (χ1v) is 6.73. The Hall–Kier alpha value is -1.07. The number of halogens is 3. The van der Waals surface area contributed by atoms with Crippen LogP contribution in [0.4, 0.5) is 13.2 Å². The molecule has 1 N–H and O–H groups in total. The van der Waals surface area contributed by atoms with Crippen LogP contribution in [0.5, 0.6) is 0 Å². The molecule has 5 heteroatoms. The van der Waals surface area contributed by atoms with Crippen molar-refractivity contribution in [2.24, 2.45) is 0 Å². The van der Waals surface area contributed by atoms with Gasteiger partial charge in [-0.25, -0.2) is 13.2 Å². The molecule has 0 spiro atoms. The normalized spacial score (nSPS) is 16.2. The Morgan fingerprint density at radius 2 is 1.68 bits per heavy atom. The van der Waals surface area contributed by atoms with Crippen LogP contribution in [0.25, 0.3) is 0 Å². The van der Waals surface area contributed by atoms with Crippen LogP contribution in [0, 0.1) is 17.5 Å². The van der Waals surface area contributed by atoms with Crippen LogP contribution >= 0.6 is 0 Å². The zero-order chi connectivity index (χ0) is 13.7. The molecule has 19 heavy (non-hydrogen) atoms. The Balaban J connectivity index is 1.69. The average molecular weight is 272 g/mol. The SMILES string of the molecule is Fc1cc(F)c(CNCCCN2CCCC2)cc1F. The zero-order valence-electron chi connectivity index (χ0n) is 10.9. The highest BCUT2D eigenvalue weighted by Gasteiger charge is 2.11. The molecule has 0 amide bonds. The molecule has 1 saturated heterocycles. The van der Waals surface area contributed by atoms with Gasteiger partial charge in [-0.1, -0.05) is 0 Å². The summed E-state index contributed by atoms with van der Waals surface area (Å²) in [4.78, 5) is 2.40. The van der Waals surface area contributed by atoms with Gasteiger partial charge in [0, 0.05) is 18.2 Å². The van der Waals surface area contributed by atoms with Gasteiger partial charge in [0.1, 0.15) is 5.82 Å². The highest BCUT2D eigenvalue weighted by atomic mass is 19.2. The van der Waals surface area contributed by atoms with E-state index in [1.165, 1.54) is 12.8 Å². The van der Waals surface area contributed by atoms with E-state index < -0.39 is 17.5 Å². The largest absolute Gasteiger partial charge is 0.313 e. The molecular weight excluding hydrogens is 253 g/mol. The number of nitrogens with zero attached hydrogens (tertiary/aromatic N) is 1. The summed E-state index contributed by atoms with van der Waals surface area (Å²) in [6, 6.07) is 1.51. The lowest BCUT2D eigenvalue weighted by Gasteiger charge is -2.14. The Kier molecular flexibility index (Phi) is 5.22. The van der Waals surface area contributed by atoms with Gasteiger partial charge in [0.05, 0.1) is 0 Å². The summed E-state index contributed by atoms with van der Waals surface area (Å²) < 4.78 is 39.0. The fourth-order valence-corrected chi connectivity index (χ4v) is 2.36. The molecule has 1 aromatic rings. The number of rotatable bonds is 6. The summed E-state index contributed by atoms with van der Waals surface area (Å²) in [5.74, 6) is -2.85. The summed E-state index contributed by atoms with van der Waals surface area (Å²) in [5, 5.41) is 3.06. The molecule has 0 bridgehead atoms. The van der Waals surface area contributed by atoms with Gasteiger partial charge in [-0.2, -0.15) is 0 Å². The van der Waals surface area contributed by atoms with Crippen LogP contribution < -0.4 is 5.32 Å². The van der Waals surface area contributed by atoms with Crippen molar-refractivity contribution < 1.29 is 13.2 Å². The van der Waals surface area contributed by atoms with Crippen LogP contribution in [0.1, 0.15) is 24.8 Å². The molecule has 0 unspecified atom stereocenters. The van der Waals surface area contributed by atoms with Gasteiger partial charge in [0.2, 0.25) is 0 Å². The molecule has 0 atom stereocenters. The first kappa shape index (κ1) is 14.3. The maximum Gasteiger partial charge on any atom is 0.161 e. The van der Waals surface area contributed by atoms with Gasteiger partial charge in [-0.05, 0) is 51.5 Å². The fraction of sp³-hybridized carbons (Fsp3) is 0.571. The second kappa shape index (κ2) is 6.91. The van der Waals surface area contributed by atoms with E-state index in [9.17, 15) is 13.2 Å². The number of likely N-dealkylation sites (tertiary alicyclic amines) is 1. The standard InChI is InChI=1S/C14H19F3N2/c15-12-9-14(17)13(16)8-11(12)10-18-4-3-7-19-5-1-2-6-19/h8-9,18H,1-7,10H2. The van der Waals surface area contributed by atoms with Crippen molar-refractivity contribution in [3.8, 4) is 0 Å². The first-order chi connectivity index (χ1) is 9.16. The van der Waals surface area contributed by atoms with E-state index in [1.54, 1.807) is 0 Å². The minimum Gasteiger partial charge on any atom is -0.313 e. The maximum atomic E-state index is 13.3. The second-order valence-corrected chi connectivity index (χ2v) is 4.94. The van der Waals surface area contributed by atoms with E-state index in [1.807, 2.05) is 0 Å². The van der Waals surface area contributed by atoms with Gasteiger partial charge in [0.25, 0.3) is 0 Å². The Bertz CT molecular complexity index is 417. The maximum absolute atomic E-state index is 13.3. The van der Waals surface area contributed by atoms with Crippen LogP contribution in [0.15, 0.2) is 12.1 Å². The minimum absolute atomic E-state index is 0.167. The molecule has 1 fully saturated rings. The predicted octanol–water partition coefficient (Wildman–Crippen LogP) is 2.68. The van der Waals surface area contributed by atoms with E-state index in [0.29, 0.717) is 6.07 Å². The molecule has 1 aliphatic rings. The van der Waals surface area contributed by atoms with Crippen molar-refractivity contribution in [3.05, 3.63) is 35.1 Å². The highest BCUT2D eigenvalue weighted by Crippen LogP contribution is 2.13. The van der Waals surface area contributed by atoms with Gasteiger partial charge < -0.3 is 10.2 Å². The van der Waals surface area contributed by atoms with Gasteiger partial charge in [-0.15, -0.1) is 0 Å². The van der Waals surface area contributed by atoms with Crippen molar-refractivity contribution in [3.63, 3.8) is 0 Å². The van der Waals surface area contributed by atoms with Crippen LogP contribution in [-0.2, 0) is 6.54 Å². The van der Waals surface area contributed by atoms with Crippen LogP contribution in [0.3, 0.4) is 0 Å². The Labute approximate surface area is 111 Å². The molecule has 0 radical (unpaired) electrons. The number of nitrogens with one attached hydrogen (secondary N) is 1. The Morgan fingerprint density at radius 3 is 2.42 bits per heavy atom. The minimum atomic E-state index is -1.14. The van der Waals surface area contributed by atoms with E-state index >= 15 is 0 Å². The third kappa shape index (κ3) is 4.21. The van der Waals surface area contributed by atoms with Gasteiger partial charge in [-0.3, -0.25) is 0 Å². The summed E-state index contributed by atoms with van der Waals surface area (Å²) in [7, 11) is 0. The summed E-state index contributed by atoms with van der Waals surface area (Å²) in [6.07, 6.45) is 3.52. The second-order valence-electron chi connectivity index (χ2n) is 4.94. The summed E-state index contributed by atoms with van der Waals surface area (Å²) in [6.45, 7) is 4.33. The fourth-order valence-electron chi connectivity index (χ4n) is 2.36. The zero-order valence-corrected chi connectivity index (χ0v) is 10.9. The lowest BCUT2D eigenvalue weighted by atomic mass is 10.2.